The molecular formula is C20H30ClN3O4. The van der Waals surface area contributed by atoms with Gasteiger partial charge in [0.1, 0.15) is 0 Å². The average molecular weight is 412 g/mol. The first-order valence-electron chi connectivity index (χ1n) is 9.65. The fourth-order valence-corrected chi connectivity index (χ4v) is 3.74. The molecule has 1 aromatic rings. The van der Waals surface area contributed by atoms with Crippen LogP contribution in [0.1, 0.15) is 36.8 Å². The number of halogens is 1. The van der Waals surface area contributed by atoms with E-state index in [1.54, 1.807) is 14.2 Å². The maximum Gasteiger partial charge on any atom is 0.237 e. The van der Waals surface area contributed by atoms with E-state index in [2.05, 4.69) is 10.6 Å². The summed E-state index contributed by atoms with van der Waals surface area (Å²) < 4.78 is 10.7. The zero-order valence-electron chi connectivity index (χ0n) is 16.6. The molecular weight excluding hydrogens is 382 g/mol. The van der Waals surface area contributed by atoms with Crippen molar-refractivity contribution in [3.63, 3.8) is 0 Å². The first kappa shape index (κ1) is 22.3. The molecule has 0 bridgehead atoms. The van der Waals surface area contributed by atoms with Crippen molar-refractivity contribution in [2.45, 2.75) is 44.7 Å². The Morgan fingerprint density at radius 1 is 1.21 bits per heavy atom. The van der Waals surface area contributed by atoms with Crippen LogP contribution in [0.25, 0.3) is 0 Å². The number of ether oxygens (including phenoxy) is 2. The van der Waals surface area contributed by atoms with Crippen LogP contribution in [-0.2, 0) is 22.6 Å². The highest BCUT2D eigenvalue weighted by atomic mass is 35.5. The van der Waals surface area contributed by atoms with Gasteiger partial charge in [0, 0.05) is 26.1 Å². The minimum Gasteiger partial charge on any atom is -0.493 e. The van der Waals surface area contributed by atoms with Crippen molar-refractivity contribution >= 4 is 24.2 Å². The van der Waals surface area contributed by atoms with Crippen LogP contribution in [0.15, 0.2) is 12.1 Å². The Morgan fingerprint density at radius 3 is 2.57 bits per heavy atom. The Kier molecular flexibility index (Phi) is 8.38. The third-order valence-electron chi connectivity index (χ3n) is 5.31. The number of rotatable bonds is 7. The molecule has 0 aromatic heterocycles. The van der Waals surface area contributed by atoms with Gasteiger partial charge < -0.3 is 25.0 Å². The van der Waals surface area contributed by atoms with Gasteiger partial charge >= 0.3 is 0 Å². The molecule has 1 aromatic carbocycles. The second-order valence-corrected chi connectivity index (χ2v) is 7.08. The molecule has 0 aliphatic carbocycles. The summed E-state index contributed by atoms with van der Waals surface area (Å²) in [6.07, 6.45) is 3.86. The number of nitrogens with zero attached hydrogens (tertiary/aromatic N) is 1. The van der Waals surface area contributed by atoms with E-state index in [0.717, 1.165) is 37.1 Å². The lowest BCUT2D eigenvalue weighted by molar-refractivity contribution is -0.132. The van der Waals surface area contributed by atoms with E-state index >= 15 is 0 Å². The molecule has 2 heterocycles. The lowest BCUT2D eigenvalue weighted by Crippen LogP contribution is -2.41. The SMILES string of the molecule is COc1cc2c(cc1OC)CN(C(=O)CCCNC(=O)C1CCCN1)CC2.Cl. The fraction of sp³-hybridized carbons (Fsp3) is 0.600. The number of methoxy groups -OCH3 is 2. The minimum absolute atomic E-state index is 0. The van der Waals surface area contributed by atoms with Crippen LogP contribution in [0, 0.1) is 0 Å². The van der Waals surface area contributed by atoms with Gasteiger partial charge in [0.05, 0.1) is 20.3 Å². The number of amides is 2. The van der Waals surface area contributed by atoms with Crippen molar-refractivity contribution in [3.05, 3.63) is 23.3 Å². The fourth-order valence-electron chi connectivity index (χ4n) is 3.74. The predicted octanol–water partition coefficient (Wildman–Crippen LogP) is 1.66. The van der Waals surface area contributed by atoms with Crippen LogP contribution in [0.4, 0.5) is 0 Å². The summed E-state index contributed by atoms with van der Waals surface area (Å²) >= 11 is 0. The monoisotopic (exact) mass is 411 g/mol. The van der Waals surface area contributed by atoms with Crippen molar-refractivity contribution < 1.29 is 19.1 Å². The van der Waals surface area contributed by atoms with Crippen molar-refractivity contribution in [2.24, 2.45) is 0 Å². The molecule has 0 radical (unpaired) electrons. The van der Waals surface area contributed by atoms with Crippen molar-refractivity contribution in [3.8, 4) is 11.5 Å². The molecule has 1 unspecified atom stereocenters. The molecule has 8 heteroatoms. The smallest absolute Gasteiger partial charge is 0.237 e. The highest BCUT2D eigenvalue weighted by molar-refractivity contribution is 5.85. The van der Waals surface area contributed by atoms with Crippen LogP contribution >= 0.6 is 12.4 Å². The summed E-state index contributed by atoms with van der Waals surface area (Å²) in [6, 6.07) is 3.90. The third kappa shape index (κ3) is 5.29. The molecule has 1 saturated heterocycles. The predicted molar refractivity (Wildman–Crippen MR) is 109 cm³/mol. The summed E-state index contributed by atoms with van der Waals surface area (Å²) in [4.78, 5) is 26.4. The lowest BCUT2D eigenvalue weighted by Gasteiger charge is -2.29. The van der Waals surface area contributed by atoms with E-state index in [1.165, 1.54) is 5.56 Å². The standard InChI is InChI=1S/C20H29N3O4.ClH/c1-26-17-11-14-7-10-23(13-15(14)12-18(17)27-2)19(24)6-4-9-22-20(25)16-5-3-8-21-16;/h11-12,16,21H,3-10,13H2,1-2H3,(H,22,25);1H. The van der Waals surface area contributed by atoms with E-state index in [4.69, 9.17) is 9.47 Å². The van der Waals surface area contributed by atoms with E-state index in [0.29, 0.717) is 38.2 Å². The van der Waals surface area contributed by atoms with Gasteiger partial charge in [-0.1, -0.05) is 0 Å². The van der Waals surface area contributed by atoms with Gasteiger partial charge in [-0.3, -0.25) is 9.59 Å². The Morgan fingerprint density at radius 2 is 1.93 bits per heavy atom. The molecule has 2 amide bonds. The number of benzene rings is 1. The number of hydrogen-bond donors (Lipinski definition) is 2. The van der Waals surface area contributed by atoms with Gasteiger partial charge in [-0.05, 0) is 55.5 Å². The maximum atomic E-state index is 12.5. The molecule has 28 heavy (non-hydrogen) atoms. The molecule has 2 N–H and O–H groups in total. The van der Waals surface area contributed by atoms with E-state index in [1.807, 2.05) is 17.0 Å². The van der Waals surface area contributed by atoms with E-state index in [9.17, 15) is 9.59 Å². The largest absolute Gasteiger partial charge is 0.493 e. The number of hydrogen-bond acceptors (Lipinski definition) is 5. The van der Waals surface area contributed by atoms with Gasteiger partial charge in [-0.15, -0.1) is 12.4 Å². The summed E-state index contributed by atoms with van der Waals surface area (Å²) in [5.41, 5.74) is 2.31. The lowest BCUT2D eigenvalue weighted by atomic mass is 9.98. The Bertz CT molecular complexity index is 692. The first-order valence-corrected chi connectivity index (χ1v) is 9.65. The molecule has 2 aliphatic heterocycles. The molecule has 7 nitrogen and oxygen atoms in total. The summed E-state index contributed by atoms with van der Waals surface area (Å²) in [5, 5.41) is 6.10. The highest BCUT2D eigenvalue weighted by Crippen LogP contribution is 2.33. The van der Waals surface area contributed by atoms with E-state index < -0.39 is 0 Å². The molecule has 3 rings (SSSR count). The quantitative estimate of drug-likeness (QED) is 0.667. The van der Waals surface area contributed by atoms with Gasteiger partial charge in [0.25, 0.3) is 0 Å². The normalized spacial score (nSPS) is 18.1. The van der Waals surface area contributed by atoms with Gasteiger partial charge in [0.2, 0.25) is 11.8 Å². The highest BCUT2D eigenvalue weighted by Gasteiger charge is 2.23. The van der Waals surface area contributed by atoms with Gasteiger partial charge in [-0.2, -0.15) is 0 Å². The average Bonchev–Trinajstić information content (AvgIpc) is 3.24. The van der Waals surface area contributed by atoms with Crippen molar-refractivity contribution in [1.29, 1.82) is 0 Å². The number of fused-ring (bicyclic) bond motifs is 1. The van der Waals surface area contributed by atoms with Gasteiger partial charge in [-0.25, -0.2) is 0 Å². The van der Waals surface area contributed by atoms with Crippen molar-refractivity contribution in [1.82, 2.24) is 15.5 Å². The van der Waals surface area contributed by atoms with Crippen LogP contribution in [-0.4, -0.2) is 56.6 Å². The zero-order valence-corrected chi connectivity index (χ0v) is 17.4. The second kappa shape index (κ2) is 10.5. The number of nitrogens with one attached hydrogen (secondary N) is 2. The molecule has 0 saturated carbocycles. The van der Waals surface area contributed by atoms with Crippen LogP contribution < -0.4 is 20.1 Å². The summed E-state index contributed by atoms with van der Waals surface area (Å²) in [5.74, 6) is 1.59. The first-order chi connectivity index (χ1) is 13.1. The molecule has 0 spiro atoms. The molecule has 2 aliphatic rings. The number of carbonyl (C=O) groups excluding carboxylic acids is 2. The third-order valence-corrected chi connectivity index (χ3v) is 5.31. The van der Waals surface area contributed by atoms with Crippen LogP contribution in [0.2, 0.25) is 0 Å². The molecule has 1 fully saturated rings. The van der Waals surface area contributed by atoms with Crippen LogP contribution in [0.5, 0.6) is 11.5 Å². The number of carbonyl (C=O) groups is 2. The Labute approximate surface area is 172 Å². The molecule has 156 valence electrons. The summed E-state index contributed by atoms with van der Waals surface area (Å²) in [7, 11) is 3.25. The minimum atomic E-state index is -0.0636. The van der Waals surface area contributed by atoms with E-state index in [-0.39, 0.29) is 30.3 Å². The topological polar surface area (TPSA) is 79.9 Å². The Balaban J connectivity index is 0.00000280. The van der Waals surface area contributed by atoms with Crippen LogP contribution in [0.3, 0.4) is 0 Å². The zero-order chi connectivity index (χ0) is 19.2. The van der Waals surface area contributed by atoms with Crippen molar-refractivity contribution in [2.75, 3.05) is 33.9 Å². The Hall–Kier alpha value is -1.99. The maximum absolute atomic E-state index is 12.5. The second-order valence-electron chi connectivity index (χ2n) is 7.08. The summed E-state index contributed by atoms with van der Waals surface area (Å²) in [6.45, 7) is 2.74. The van der Waals surface area contributed by atoms with Gasteiger partial charge in [0.15, 0.2) is 11.5 Å². The molecule has 1 atom stereocenters.